The predicted molar refractivity (Wildman–Crippen MR) is 148 cm³/mol. The molecule has 0 aromatic heterocycles. The van der Waals surface area contributed by atoms with Crippen molar-refractivity contribution in [2.45, 2.75) is 161 Å². The van der Waals surface area contributed by atoms with Crippen LogP contribution in [-0.2, 0) is 0 Å². The Morgan fingerprint density at radius 3 is 1.09 bits per heavy atom. The zero-order chi connectivity index (χ0) is 23.3. The number of nitrogens with zero attached hydrogens (tertiary/aromatic N) is 1. The van der Waals surface area contributed by atoms with Crippen molar-refractivity contribution >= 4 is 8.07 Å². The van der Waals surface area contributed by atoms with Gasteiger partial charge >= 0.3 is 0 Å². The Balaban J connectivity index is 0. The van der Waals surface area contributed by atoms with Crippen molar-refractivity contribution in [3.8, 4) is 0 Å². The molecule has 0 bridgehead atoms. The van der Waals surface area contributed by atoms with Gasteiger partial charge in [0.1, 0.15) is 0 Å². The van der Waals surface area contributed by atoms with Gasteiger partial charge < -0.3 is 21.5 Å². The normalized spacial score (nSPS) is 12.2. The van der Waals surface area contributed by atoms with E-state index in [1.165, 1.54) is 145 Å². The molecular formula is C29H64BrNSi. The van der Waals surface area contributed by atoms with Crippen LogP contribution in [0.5, 0.6) is 0 Å². The monoisotopic (exact) mass is 533 g/mol. The van der Waals surface area contributed by atoms with E-state index in [0.717, 1.165) is 0 Å². The van der Waals surface area contributed by atoms with Crippen molar-refractivity contribution in [1.29, 1.82) is 0 Å². The standard InChI is InChI=1S/C29H64NSi.BrH/c1-7-11-12-13-14-15-16-17-18-19-20-21-22-23-24-25-27-30(5,6)28-26-29-31(8-2,9-3)10-4;/h7-29H2,1-6H3;1H/q+1;/p-1. The van der Waals surface area contributed by atoms with Crippen LogP contribution >= 0.6 is 0 Å². The third-order valence-electron chi connectivity index (χ3n) is 8.34. The van der Waals surface area contributed by atoms with Gasteiger partial charge in [0.25, 0.3) is 0 Å². The third kappa shape index (κ3) is 20.1. The summed E-state index contributed by atoms with van der Waals surface area (Å²) in [6.07, 6.45) is 24.9. The highest BCUT2D eigenvalue weighted by Gasteiger charge is 2.27. The van der Waals surface area contributed by atoms with Gasteiger partial charge in [0.15, 0.2) is 0 Å². The quantitative estimate of drug-likeness (QED) is 0.0696. The van der Waals surface area contributed by atoms with E-state index in [0.29, 0.717) is 0 Å². The smallest absolute Gasteiger partial charge is 0.0782 e. The zero-order valence-electron chi connectivity index (χ0n) is 23.6. The average molecular weight is 535 g/mol. The first-order valence-corrected chi connectivity index (χ1v) is 17.6. The van der Waals surface area contributed by atoms with Crippen LogP contribution in [0, 0.1) is 0 Å². The lowest BCUT2D eigenvalue weighted by molar-refractivity contribution is -0.890. The van der Waals surface area contributed by atoms with E-state index in [-0.39, 0.29) is 17.0 Å². The van der Waals surface area contributed by atoms with Gasteiger partial charge in [-0.25, -0.2) is 0 Å². The second-order valence-electron chi connectivity index (χ2n) is 11.4. The number of unbranched alkanes of at least 4 members (excludes halogenated alkanes) is 15. The third-order valence-corrected chi connectivity index (χ3v) is 14.3. The Kier molecular flexibility index (Phi) is 25.5. The van der Waals surface area contributed by atoms with Crippen LogP contribution in [0.1, 0.15) is 137 Å². The first-order chi connectivity index (χ1) is 14.9. The Bertz CT molecular complexity index is 360. The van der Waals surface area contributed by atoms with Gasteiger partial charge in [0.2, 0.25) is 0 Å². The topological polar surface area (TPSA) is 0 Å². The van der Waals surface area contributed by atoms with Gasteiger partial charge in [0.05, 0.1) is 35.3 Å². The van der Waals surface area contributed by atoms with Crippen LogP contribution in [0.25, 0.3) is 0 Å². The van der Waals surface area contributed by atoms with Gasteiger partial charge in [-0.3, -0.25) is 0 Å². The fraction of sp³-hybridized carbons (Fsp3) is 1.00. The van der Waals surface area contributed by atoms with E-state index in [4.69, 9.17) is 0 Å². The van der Waals surface area contributed by atoms with Crippen LogP contribution in [-0.4, -0.2) is 39.7 Å². The maximum Gasteiger partial charge on any atom is 0.0782 e. The highest BCUT2D eigenvalue weighted by atomic mass is 79.9. The molecule has 0 rings (SSSR count). The molecule has 0 N–H and O–H groups in total. The maximum atomic E-state index is 2.47. The number of hydrogen-bond donors (Lipinski definition) is 0. The fourth-order valence-electron chi connectivity index (χ4n) is 5.36. The lowest BCUT2D eigenvalue weighted by Crippen LogP contribution is -3.00. The summed E-state index contributed by atoms with van der Waals surface area (Å²) in [4.78, 5) is 0. The molecule has 0 radical (unpaired) electrons. The van der Waals surface area contributed by atoms with Gasteiger partial charge in [-0.2, -0.15) is 0 Å². The maximum absolute atomic E-state index is 2.47. The van der Waals surface area contributed by atoms with Crippen molar-refractivity contribution in [2.24, 2.45) is 0 Å². The number of halogens is 1. The fourth-order valence-corrected chi connectivity index (χ4v) is 8.83. The molecule has 0 aliphatic rings. The SMILES string of the molecule is CCCCCCCCCCCCCCCCCC[N+](C)(C)CCC[Si](CC)(CC)CC.[Br-]. The van der Waals surface area contributed by atoms with E-state index < -0.39 is 8.07 Å². The van der Waals surface area contributed by atoms with Crippen molar-refractivity contribution in [3.05, 3.63) is 0 Å². The van der Waals surface area contributed by atoms with Crippen molar-refractivity contribution in [3.63, 3.8) is 0 Å². The van der Waals surface area contributed by atoms with Crippen LogP contribution in [0.2, 0.25) is 24.2 Å². The first kappa shape index (κ1) is 34.8. The van der Waals surface area contributed by atoms with E-state index in [2.05, 4.69) is 41.8 Å². The van der Waals surface area contributed by atoms with Crippen molar-refractivity contribution in [2.75, 3.05) is 27.2 Å². The van der Waals surface area contributed by atoms with Crippen LogP contribution in [0.15, 0.2) is 0 Å². The van der Waals surface area contributed by atoms with Crippen molar-refractivity contribution < 1.29 is 21.5 Å². The minimum absolute atomic E-state index is 0. The summed E-state index contributed by atoms with van der Waals surface area (Å²) in [5.41, 5.74) is 0. The van der Waals surface area contributed by atoms with Gasteiger partial charge in [-0.15, -0.1) is 0 Å². The van der Waals surface area contributed by atoms with Crippen molar-refractivity contribution in [1.82, 2.24) is 0 Å². The molecule has 32 heavy (non-hydrogen) atoms. The van der Waals surface area contributed by atoms with Crippen LogP contribution < -0.4 is 17.0 Å². The van der Waals surface area contributed by atoms with E-state index >= 15 is 0 Å². The molecule has 3 heteroatoms. The summed E-state index contributed by atoms with van der Waals surface area (Å²) in [6, 6.07) is 6.04. The predicted octanol–water partition coefficient (Wildman–Crippen LogP) is 7.23. The molecule has 0 aromatic rings. The summed E-state index contributed by atoms with van der Waals surface area (Å²) in [6.45, 7) is 12.5. The molecule has 0 aliphatic heterocycles. The van der Waals surface area contributed by atoms with Crippen LogP contribution in [0.4, 0.5) is 0 Å². The van der Waals surface area contributed by atoms with Crippen LogP contribution in [0.3, 0.4) is 0 Å². The molecule has 0 unspecified atom stereocenters. The number of hydrogen-bond acceptors (Lipinski definition) is 0. The van der Waals surface area contributed by atoms with Gasteiger partial charge in [-0.1, -0.05) is 142 Å². The molecule has 0 saturated carbocycles. The van der Waals surface area contributed by atoms with Gasteiger partial charge in [-0.05, 0) is 19.3 Å². The summed E-state index contributed by atoms with van der Waals surface area (Å²) < 4.78 is 1.25. The Morgan fingerprint density at radius 1 is 0.438 bits per heavy atom. The second kappa shape index (κ2) is 23.4. The Labute approximate surface area is 217 Å². The first-order valence-electron chi connectivity index (χ1n) is 14.8. The summed E-state index contributed by atoms with van der Waals surface area (Å²) in [5, 5.41) is 0. The molecule has 1 nitrogen and oxygen atoms in total. The molecule has 0 fully saturated rings. The second-order valence-corrected chi connectivity index (χ2v) is 17.0. The van der Waals surface area contributed by atoms with E-state index in [1.54, 1.807) is 6.04 Å². The highest BCUT2D eigenvalue weighted by molar-refractivity contribution is 6.79. The summed E-state index contributed by atoms with van der Waals surface area (Å²) >= 11 is 0. The lowest BCUT2D eigenvalue weighted by atomic mass is 10.0. The minimum atomic E-state index is -0.904. The van der Waals surface area contributed by atoms with Gasteiger partial charge in [0, 0.05) is 0 Å². The van der Waals surface area contributed by atoms with E-state index in [9.17, 15) is 0 Å². The Hall–Kier alpha value is 0.657. The molecule has 0 atom stereocenters. The summed E-state index contributed by atoms with van der Waals surface area (Å²) in [7, 11) is 4.04. The molecule has 0 amide bonds. The number of rotatable bonds is 24. The molecule has 0 aliphatic carbocycles. The number of quaternary nitrogens is 1. The average Bonchev–Trinajstić information content (AvgIpc) is 2.76. The zero-order valence-corrected chi connectivity index (χ0v) is 26.2. The minimum Gasteiger partial charge on any atom is -1.00 e. The Morgan fingerprint density at radius 2 is 0.750 bits per heavy atom. The molecule has 0 saturated heterocycles. The highest BCUT2D eigenvalue weighted by Crippen LogP contribution is 2.27. The largest absolute Gasteiger partial charge is 1.00 e. The molecule has 196 valence electrons. The molecule has 0 heterocycles. The molecular weight excluding hydrogens is 470 g/mol. The molecule has 0 spiro atoms. The van der Waals surface area contributed by atoms with E-state index in [1.807, 2.05) is 0 Å². The lowest BCUT2D eigenvalue weighted by Gasteiger charge is -2.33. The summed E-state index contributed by atoms with van der Waals surface area (Å²) in [5.74, 6) is 0. The molecule has 0 aromatic carbocycles.